The fraction of sp³-hybridized carbons (Fsp3) is 0.111. The molecule has 2 amide bonds. The predicted molar refractivity (Wildman–Crippen MR) is 62.4 cm³/mol. The topological polar surface area (TPSA) is 94.5 Å². The highest BCUT2D eigenvalue weighted by molar-refractivity contribution is 7.22. The van der Waals surface area contributed by atoms with E-state index in [1.165, 1.54) is 11.3 Å². The minimum absolute atomic E-state index is 0.340. The van der Waals surface area contributed by atoms with Crippen LogP contribution < -0.4 is 21.3 Å². The molecule has 1 aromatic heterocycles. The van der Waals surface area contributed by atoms with Crippen molar-refractivity contribution >= 4 is 32.7 Å². The molecular weight excluding hydrogens is 228 g/mol. The summed E-state index contributed by atoms with van der Waals surface area (Å²) in [6.45, 7) is 0. The van der Waals surface area contributed by atoms with Gasteiger partial charge in [-0.15, -0.1) is 0 Å². The van der Waals surface area contributed by atoms with Gasteiger partial charge >= 0.3 is 6.03 Å². The number of carbonyl (C=O) groups excluding carboxylic acids is 1. The first-order chi connectivity index (χ1) is 7.63. The van der Waals surface area contributed by atoms with E-state index in [4.69, 9.17) is 16.3 Å². The van der Waals surface area contributed by atoms with Crippen LogP contribution in [0.2, 0.25) is 0 Å². The number of carbonyl (C=O) groups is 1. The van der Waals surface area contributed by atoms with Crippen molar-refractivity contribution < 1.29 is 9.53 Å². The molecule has 0 unspecified atom stereocenters. The van der Waals surface area contributed by atoms with Crippen LogP contribution in [0.1, 0.15) is 0 Å². The van der Waals surface area contributed by atoms with E-state index in [-0.39, 0.29) is 0 Å². The van der Waals surface area contributed by atoms with Crippen LogP contribution in [0.25, 0.3) is 10.2 Å². The number of hydrazine groups is 1. The Balaban J connectivity index is 2.55. The van der Waals surface area contributed by atoms with Crippen LogP contribution in [0.5, 0.6) is 5.75 Å². The number of para-hydroxylation sites is 1. The second-order valence-electron chi connectivity index (χ2n) is 3.01. The van der Waals surface area contributed by atoms with Gasteiger partial charge in [0.25, 0.3) is 0 Å². The standard InChI is InChI=1S/C9H10N4O2S/c1-15-5-3-2-4-6-7(5)12-9(16-6)13(11)8(10)14/h2-4H,11H2,1H3,(H2,10,14). The lowest BCUT2D eigenvalue weighted by molar-refractivity contribution is 0.254. The number of urea groups is 1. The van der Waals surface area contributed by atoms with Crippen LogP contribution in [0.15, 0.2) is 18.2 Å². The summed E-state index contributed by atoms with van der Waals surface area (Å²) in [7, 11) is 1.56. The molecule has 1 aromatic carbocycles. The summed E-state index contributed by atoms with van der Waals surface area (Å²) in [4.78, 5) is 15.1. The zero-order valence-electron chi connectivity index (χ0n) is 8.51. The number of benzene rings is 1. The number of primary amides is 1. The largest absolute Gasteiger partial charge is 0.494 e. The van der Waals surface area contributed by atoms with E-state index < -0.39 is 6.03 Å². The number of thiazole rings is 1. The van der Waals surface area contributed by atoms with E-state index in [1.54, 1.807) is 13.2 Å². The van der Waals surface area contributed by atoms with Gasteiger partial charge in [0.2, 0.25) is 5.13 Å². The highest BCUT2D eigenvalue weighted by atomic mass is 32.1. The smallest absolute Gasteiger partial charge is 0.335 e. The Kier molecular flexibility index (Phi) is 2.63. The van der Waals surface area contributed by atoms with Crippen molar-refractivity contribution in [3.63, 3.8) is 0 Å². The Hall–Kier alpha value is -1.86. The van der Waals surface area contributed by atoms with Gasteiger partial charge in [0, 0.05) is 0 Å². The van der Waals surface area contributed by atoms with Gasteiger partial charge in [-0.1, -0.05) is 17.4 Å². The second kappa shape index (κ2) is 3.95. The SMILES string of the molecule is COc1cccc2sc(N(N)C(N)=O)nc12. The zero-order valence-corrected chi connectivity index (χ0v) is 9.32. The molecule has 2 rings (SSSR count). The molecule has 0 radical (unpaired) electrons. The van der Waals surface area contributed by atoms with Crippen molar-refractivity contribution in [1.29, 1.82) is 0 Å². The summed E-state index contributed by atoms with van der Waals surface area (Å²) >= 11 is 1.27. The Bertz CT molecular complexity index is 539. The third-order valence-electron chi connectivity index (χ3n) is 2.03. The van der Waals surface area contributed by atoms with Gasteiger partial charge < -0.3 is 10.5 Å². The number of nitrogens with two attached hydrogens (primary N) is 2. The van der Waals surface area contributed by atoms with Crippen molar-refractivity contribution in [1.82, 2.24) is 4.98 Å². The zero-order chi connectivity index (χ0) is 11.7. The first-order valence-electron chi connectivity index (χ1n) is 4.41. The Morgan fingerprint density at radius 3 is 2.94 bits per heavy atom. The minimum Gasteiger partial charge on any atom is -0.494 e. The molecule has 4 N–H and O–H groups in total. The Labute approximate surface area is 95.4 Å². The number of fused-ring (bicyclic) bond motifs is 1. The number of ether oxygens (including phenoxy) is 1. The van der Waals surface area contributed by atoms with Gasteiger partial charge in [-0.05, 0) is 12.1 Å². The molecule has 0 spiro atoms. The molecule has 0 aliphatic carbocycles. The van der Waals surface area contributed by atoms with Crippen LogP contribution in [0, 0.1) is 0 Å². The summed E-state index contributed by atoms with van der Waals surface area (Å²) in [5.41, 5.74) is 5.73. The molecule has 84 valence electrons. The number of methoxy groups -OCH3 is 1. The molecule has 0 saturated heterocycles. The monoisotopic (exact) mass is 238 g/mol. The summed E-state index contributed by atoms with van der Waals surface area (Å²) in [5.74, 6) is 6.10. The van der Waals surface area contributed by atoms with Gasteiger partial charge in [-0.2, -0.15) is 0 Å². The van der Waals surface area contributed by atoms with E-state index in [1.807, 2.05) is 12.1 Å². The van der Waals surface area contributed by atoms with Gasteiger partial charge in [0.1, 0.15) is 11.3 Å². The Morgan fingerprint density at radius 2 is 2.31 bits per heavy atom. The lowest BCUT2D eigenvalue weighted by Crippen LogP contribution is -2.41. The Morgan fingerprint density at radius 1 is 1.56 bits per heavy atom. The number of hydrogen-bond acceptors (Lipinski definition) is 5. The average molecular weight is 238 g/mol. The summed E-state index contributed by atoms with van der Waals surface area (Å²) in [5, 5.41) is 1.15. The number of anilines is 1. The number of hydrogen-bond donors (Lipinski definition) is 2. The van der Waals surface area contributed by atoms with Gasteiger partial charge in [-0.25, -0.2) is 20.6 Å². The number of rotatable bonds is 2. The van der Waals surface area contributed by atoms with Crippen molar-refractivity contribution in [3.8, 4) is 5.75 Å². The van der Waals surface area contributed by atoms with Crippen LogP contribution in [0.4, 0.5) is 9.93 Å². The normalized spacial score (nSPS) is 10.4. The number of aromatic nitrogens is 1. The van der Waals surface area contributed by atoms with E-state index in [0.717, 1.165) is 9.71 Å². The second-order valence-corrected chi connectivity index (χ2v) is 4.02. The predicted octanol–water partition coefficient (Wildman–Crippen LogP) is 1.06. The molecule has 7 heteroatoms. The molecule has 0 saturated carbocycles. The van der Waals surface area contributed by atoms with Crippen LogP contribution >= 0.6 is 11.3 Å². The van der Waals surface area contributed by atoms with Crippen LogP contribution in [0.3, 0.4) is 0 Å². The fourth-order valence-corrected chi connectivity index (χ4v) is 2.19. The van der Waals surface area contributed by atoms with Crippen LogP contribution in [-0.2, 0) is 0 Å². The van der Waals surface area contributed by atoms with E-state index in [9.17, 15) is 4.79 Å². The molecule has 0 atom stereocenters. The fourth-order valence-electron chi connectivity index (χ4n) is 1.27. The quantitative estimate of drug-likeness (QED) is 0.464. The third-order valence-corrected chi connectivity index (χ3v) is 3.05. The van der Waals surface area contributed by atoms with E-state index in [2.05, 4.69) is 4.98 Å². The molecule has 0 aliphatic heterocycles. The third kappa shape index (κ3) is 1.66. The molecule has 16 heavy (non-hydrogen) atoms. The van der Waals surface area contributed by atoms with Crippen LogP contribution in [-0.4, -0.2) is 18.1 Å². The first kappa shape index (κ1) is 10.7. The summed E-state index contributed by atoms with van der Waals surface area (Å²) in [6.07, 6.45) is 0. The van der Waals surface area contributed by atoms with E-state index in [0.29, 0.717) is 16.4 Å². The molecule has 6 nitrogen and oxygen atoms in total. The maximum atomic E-state index is 10.9. The lowest BCUT2D eigenvalue weighted by Gasteiger charge is -2.07. The van der Waals surface area contributed by atoms with Crippen molar-refractivity contribution in [2.75, 3.05) is 12.1 Å². The lowest BCUT2D eigenvalue weighted by atomic mass is 10.3. The first-order valence-corrected chi connectivity index (χ1v) is 5.23. The summed E-state index contributed by atoms with van der Waals surface area (Å²) < 4.78 is 6.03. The maximum Gasteiger partial charge on any atom is 0.335 e. The maximum absolute atomic E-state index is 10.9. The average Bonchev–Trinajstić information content (AvgIpc) is 2.70. The van der Waals surface area contributed by atoms with Crippen molar-refractivity contribution in [2.24, 2.45) is 11.6 Å². The number of nitrogens with zero attached hydrogens (tertiary/aromatic N) is 2. The van der Waals surface area contributed by atoms with Gasteiger partial charge in [0.15, 0.2) is 0 Å². The van der Waals surface area contributed by atoms with Gasteiger partial charge in [0.05, 0.1) is 11.8 Å². The highest BCUT2D eigenvalue weighted by Crippen LogP contribution is 2.32. The van der Waals surface area contributed by atoms with Crippen molar-refractivity contribution in [3.05, 3.63) is 18.2 Å². The van der Waals surface area contributed by atoms with Crippen molar-refractivity contribution in [2.45, 2.75) is 0 Å². The van der Waals surface area contributed by atoms with Gasteiger partial charge in [-0.3, -0.25) is 0 Å². The molecule has 2 aromatic rings. The molecular formula is C9H10N4O2S. The molecule has 0 bridgehead atoms. The minimum atomic E-state index is -0.752. The summed E-state index contributed by atoms with van der Waals surface area (Å²) in [6, 6.07) is 4.75. The van der Waals surface area contributed by atoms with E-state index >= 15 is 0 Å². The number of amides is 2. The molecule has 1 heterocycles. The highest BCUT2D eigenvalue weighted by Gasteiger charge is 2.14. The molecule has 0 fully saturated rings. The molecule has 0 aliphatic rings.